The summed E-state index contributed by atoms with van der Waals surface area (Å²) < 4.78 is 26.1. The van der Waals surface area contributed by atoms with E-state index in [1.165, 1.54) is 0 Å². The van der Waals surface area contributed by atoms with Crippen molar-refractivity contribution in [1.29, 1.82) is 0 Å². The van der Waals surface area contributed by atoms with E-state index in [0.29, 0.717) is 6.04 Å². The van der Waals surface area contributed by atoms with Gasteiger partial charge in [0.25, 0.3) is 5.92 Å². The van der Waals surface area contributed by atoms with Gasteiger partial charge in [0.05, 0.1) is 6.54 Å². The van der Waals surface area contributed by atoms with Gasteiger partial charge in [0.1, 0.15) is 0 Å². The third kappa shape index (κ3) is 4.51. The van der Waals surface area contributed by atoms with Crippen molar-refractivity contribution in [3.05, 3.63) is 0 Å². The SMILES string of the molecule is CC(C)N(CCC1CC(F)(F)CN1)C(C)(C)C. The summed E-state index contributed by atoms with van der Waals surface area (Å²) in [4.78, 5) is 2.37. The molecule has 0 aliphatic carbocycles. The summed E-state index contributed by atoms with van der Waals surface area (Å²) in [5.74, 6) is -2.50. The average molecular weight is 248 g/mol. The van der Waals surface area contributed by atoms with Gasteiger partial charge >= 0.3 is 0 Å². The van der Waals surface area contributed by atoms with Crippen molar-refractivity contribution in [1.82, 2.24) is 10.2 Å². The molecule has 1 N–H and O–H groups in total. The van der Waals surface area contributed by atoms with E-state index >= 15 is 0 Å². The maximum Gasteiger partial charge on any atom is 0.261 e. The van der Waals surface area contributed by atoms with Crippen molar-refractivity contribution in [2.45, 2.75) is 71.0 Å². The number of hydrogen-bond donors (Lipinski definition) is 1. The summed E-state index contributed by atoms with van der Waals surface area (Å²) in [5.41, 5.74) is 0.0925. The lowest BCUT2D eigenvalue weighted by atomic mass is 10.0. The molecule has 0 aromatic heterocycles. The summed E-state index contributed by atoms with van der Waals surface area (Å²) in [6, 6.07) is 0.408. The molecule has 17 heavy (non-hydrogen) atoms. The second kappa shape index (κ2) is 5.19. The molecule has 2 nitrogen and oxygen atoms in total. The van der Waals surface area contributed by atoms with Gasteiger partial charge in [-0.05, 0) is 41.0 Å². The van der Waals surface area contributed by atoms with E-state index in [1.807, 2.05) is 0 Å². The summed E-state index contributed by atoms with van der Waals surface area (Å²) in [7, 11) is 0. The van der Waals surface area contributed by atoms with E-state index < -0.39 is 5.92 Å². The number of alkyl halides is 2. The zero-order valence-electron chi connectivity index (χ0n) is 11.7. The molecule has 102 valence electrons. The standard InChI is InChI=1S/C13H26F2N2/c1-10(2)17(12(3,4)5)7-6-11-8-13(14,15)9-16-11/h10-11,16H,6-9H2,1-5H3. The summed E-state index contributed by atoms with van der Waals surface area (Å²) in [6.45, 7) is 11.5. The molecule has 0 amide bonds. The van der Waals surface area contributed by atoms with E-state index in [-0.39, 0.29) is 24.5 Å². The Morgan fingerprint density at radius 2 is 1.94 bits per heavy atom. The van der Waals surface area contributed by atoms with Crippen LogP contribution >= 0.6 is 0 Å². The van der Waals surface area contributed by atoms with E-state index in [0.717, 1.165) is 13.0 Å². The Morgan fingerprint density at radius 3 is 2.29 bits per heavy atom. The number of nitrogens with zero attached hydrogens (tertiary/aromatic N) is 1. The van der Waals surface area contributed by atoms with Gasteiger partial charge in [-0.2, -0.15) is 0 Å². The van der Waals surface area contributed by atoms with Crippen LogP contribution in [-0.2, 0) is 0 Å². The van der Waals surface area contributed by atoms with Crippen LogP contribution in [0.25, 0.3) is 0 Å². The van der Waals surface area contributed by atoms with Crippen LogP contribution in [0, 0.1) is 0 Å². The predicted molar refractivity (Wildman–Crippen MR) is 67.6 cm³/mol. The second-order valence-electron chi connectivity index (χ2n) is 6.38. The molecule has 1 aliphatic heterocycles. The Kier molecular flexibility index (Phi) is 4.53. The molecule has 1 aliphatic rings. The van der Waals surface area contributed by atoms with Crippen LogP contribution in [0.1, 0.15) is 47.5 Å². The molecule has 0 radical (unpaired) electrons. The third-order valence-corrected chi connectivity index (χ3v) is 3.40. The van der Waals surface area contributed by atoms with Crippen molar-refractivity contribution >= 4 is 0 Å². The Balaban J connectivity index is 2.44. The fourth-order valence-corrected chi connectivity index (χ4v) is 2.67. The van der Waals surface area contributed by atoms with E-state index in [1.54, 1.807) is 0 Å². The molecule has 0 aromatic rings. The molecule has 0 saturated carbocycles. The summed E-state index contributed by atoms with van der Waals surface area (Å²) >= 11 is 0. The van der Waals surface area contributed by atoms with Gasteiger partial charge in [-0.15, -0.1) is 0 Å². The fraction of sp³-hybridized carbons (Fsp3) is 1.00. The molecule has 1 unspecified atom stereocenters. The highest BCUT2D eigenvalue weighted by atomic mass is 19.3. The minimum atomic E-state index is -2.50. The molecule has 4 heteroatoms. The number of halogens is 2. The first kappa shape index (κ1) is 14.8. The van der Waals surface area contributed by atoms with Crippen LogP contribution < -0.4 is 5.32 Å². The number of nitrogens with one attached hydrogen (secondary N) is 1. The van der Waals surface area contributed by atoms with Gasteiger partial charge in [-0.1, -0.05) is 0 Å². The Bertz CT molecular complexity index is 246. The maximum atomic E-state index is 13.0. The van der Waals surface area contributed by atoms with E-state index in [9.17, 15) is 8.78 Å². The van der Waals surface area contributed by atoms with Gasteiger partial charge in [0.2, 0.25) is 0 Å². The van der Waals surface area contributed by atoms with Crippen LogP contribution in [0.5, 0.6) is 0 Å². The van der Waals surface area contributed by atoms with Crippen LogP contribution in [0.15, 0.2) is 0 Å². The number of hydrogen-bond acceptors (Lipinski definition) is 2. The monoisotopic (exact) mass is 248 g/mol. The summed E-state index contributed by atoms with van der Waals surface area (Å²) in [6.07, 6.45) is 0.786. The Morgan fingerprint density at radius 1 is 1.35 bits per heavy atom. The van der Waals surface area contributed by atoms with Crippen molar-refractivity contribution < 1.29 is 8.78 Å². The second-order valence-corrected chi connectivity index (χ2v) is 6.38. The minimum absolute atomic E-state index is 0.0108. The van der Waals surface area contributed by atoms with Gasteiger partial charge < -0.3 is 5.32 Å². The molecular weight excluding hydrogens is 222 g/mol. The van der Waals surface area contributed by atoms with Gasteiger partial charge in [-0.25, -0.2) is 8.78 Å². The van der Waals surface area contributed by atoms with Crippen LogP contribution in [0.2, 0.25) is 0 Å². The van der Waals surface area contributed by atoms with Gasteiger partial charge in [0.15, 0.2) is 0 Å². The molecule has 1 atom stereocenters. The Hall–Kier alpha value is -0.220. The van der Waals surface area contributed by atoms with Crippen LogP contribution in [-0.4, -0.2) is 41.5 Å². The van der Waals surface area contributed by atoms with Crippen molar-refractivity contribution in [2.24, 2.45) is 0 Å². The van der Waals surface area contributed by atoms with Crippen molar-refractivity contribution in [3.63, 3.8) is 0 Å². The average Bonchev–Trinajstić information content (AvgIpc) is 2.42. The zero-order valence-corrected chi connectivity index (χ0v) is 11.7. The molecule has 0 aromatic carbocycles. The largest absolute Gasteiger partial charge is 0.308 e. The zero-order chi connectivity index (χ0) is 13.3. The van der Waals surface area contributed by atoms with Gasteiger partial charge in [-0.3, -0.25) is 4.90 Å². The van der Waals surface area contributed by atoms with E-state index in [2.05, 4.69) is 44.8 Å². The molecule has 1 heterocycles. The minimum Gasteiger partial charge on any atom is -0.308 e. The lowest BCUT2D eigenvalue weighted by Gasteiger charge is -2.39. The van der Waals surface area contributed by atoms with Crippen molar-refractivity contribution in [2.75, 3.05) is 13.1 Å². The lowest BCUT2D eigenvalue weighted by molar-refractivity contribution is 0.0199. The van der Waals surface area contributed by atoms with Crippen molar-refractivity contribution in [3.8, 4) is 0 Å². The normalized spacial score (nSPS) is 24.9. The molecule has 1 fully saturated rings. The Labute approximate surface area is 104 Å². The van der Waals surface area contributed by atoms with E-state index in [4.69, 9.17) is 0 Å². The maximum absolute atomic E-state index is 13.0. The van der Waals surface area contributed by atoms with Crippen LogP contribution in [0.3, 0.4) is 0 Å². The van der Waals surface area contributed by atoms with Crippen LogP contribution in [0.4, 0.5) is 8.78 Å². The number of rotatable bonds is 4. The predicted octanol–water partition coefficient (Wildman–Crippen LogP) is 2.88. The first-order valence-corrected chi connectivity index (χ1v) is 6.50. The first-order chi connectivity index (χ1) is 7.62. The first-order valence-electron chi connectivity index (χ1n) is 6.50. The molecule has 0 spiro atoms. The fourth-order valence-electron chi connectivity index (χ4n) is 2.67. The quantitative estimate of drug-likeness (QED) is 0.823. The highest BCUT2D eigenvalue weighted by Crippen LogP contribution is 2.27. The summed E-state index contributed by atoms with van der Waals surface area (Å²) in [5, 5.41) is 2.92. The smallest absolute Gasteiger partial charge is 0.261 e. The highest BCUT2D eigenvalue weighted by Gasteiger charge is 2.39. The molecule has 1 rings (SSSR count). The third-order valence-electron chi connectivity index (χ3n) is 3.40. The highest BCUT2D eigenvalue weighted by molar-refractivity contribution is 4.89. The van der Waals surface area contributed by atoms with Gasteiger partial charge in [0, 0.05) is 30.6 Å². The molecular formula is C13H26F2N2. The molecule has 1 saturated heterocycles. The topological polar surface area (TPSA) is 15.3 Å². The lowest BCUT2D eigenvalue weighted by Crippen LogP contribution is -2.47. The molecule has 0 bridgehead atoms.